The highest BCUT2D eigenvalue weighted by atomic mass is 16.2. The summed E-state index contributed by atoms with van der Waals surface area (Å²) in [7, 11) is 0. The first-order valence-corrected chi connectivity index (χ1v) is 10.1. The van der Waals surface area contributed by atoms with Gasteiger partial charge in [0.25, 0.3) is 5.91 Å². The predicted molar refractivity (Wildman–Crippen MR) is 110 cm³/mol. The molecule has 2 aliphatic rings. The maximum atomic E-state index is 13.2. The standard InChI is InChI=1S/C21H26N6O3/c1-14-10-20(2,3)13-21(11-14)18(29)26(19(30)25-21)12-16(28)24-15-6-4-7-22-17(15)27-9-5-8-23-27/h4-9,14H,10-13H2,1-3H3,(H,24,28)(H,25,30). The predicted octanol–water partition coefficient (Wildman–Crippen LogP) is 2.34. The molecule has 2 aromatic rings. The van der Waals surface area contributed by atoms with Gasteiger partial charge in [-0.1, -0.05) is 20.8 Å². The Bertz CT molecular complexity index is 986. The number of carbonyl (C=O) groups is 3. The molecule has 2 N–H and O–H groups in total. The number of amides is 4. The third kappa shape index (κ3) is 3.67. The molecular weight excluding hydrogens is 384 g/mol. The monoisotopic (exact) mass is 410 g/mol. The van der Waals surface area contributed by atoms with E-state index in [2.05, 4.69) is 41.5 Å². The van der Waals surface area contributed by atoms with Crippen LogP contribution in [-0.4, -0.2) is 49.6 Å². The molecule has 2 unspecified atom stereocenters. The second kappa shape index (κ2) is 7.23. The van der Waals surface area contributed by atoms with Crippen molar-refractivity contribution in [2.24, 2.45) is 11.3 Å². The maximum Gasteiger partial charge on any atom is 0.325 e. The van der Waals surface area contributed by atoms with Gasteiger partial charge in [0.1, 0.15) is 12.1 Å². The highest BCUT2D eigenvalue weighted by Crippen LogP contribution is 2.46. The number of carbonyl (C=O) groups excluding carboxylic acids is 3. The van der Waals surface area contributed by atoms with E-state index in [1.54, 1.807) is 36.8 Å². The van der Waals surface area contributed by atoms with Crippen molar-refractivity contribution >= 4 is 23.5 Å². The van der Waals surface area contributed by atoms with Gasteiger partial charge in [-0.3, -0.25) is 14.5 Å². The van der Waals surface area contributed by atoms with Gasteiger partial charge in [-0.2, -0.15) is 5.10 Å². The molecule has 1 saturated carbocycles. The van der Waals surface area contributed by atoms with Crippen molar-refractivity contribution in [3.8, 4) is 5.82 Å². The Balaban J connectivity index is 1.50. The molecule has 3 heterocycles. The van der Waals surface area contributed by atoms with Crippen molar-refractivity contribution < 1.29 is 14.4 Å². The lowest BCUT2D eigenvalue weighted by molar-refractivity contribution is -0.136. The largest absolute Gasteiger partial charge is 0.325 e. The zero-order valence-electron chi connectivity index (χ0n) is 17.4. The number of nitrogens with zero attached hydrogens (tertiary/aromatic N) is 4. The van der Waals surface area contributed by atoms with Crippen LogP contribution in [-0.2, 0) is 9.59 Å². The number of pyridine rings is 1. The van der Waals surface area contributed by atoms with Crippen LogP contribution in [0.3, 0.4) is 0 Å². The van der Waals surface area contributed by atoms with Crippen LogP contribution in [0.15, 0.2) is 36.8 Å². The van der Waals surface area contributed by atoms with Crippen molar-refractivity contribution in [2.75, 3.05) is 11.9 Å². The van der Waals surface area contributed by atoms with Crippen molar-refractivity contribution in [1.82, 2.24) is 25.0 Å². The summed E-state index contributed by atoms with van der Waals surface area (Å²) in [6, 6.07) is 4.62. The van der Waals surface area contributed by atoms with Gasteiger partial charge in [0.2, 0.25) is 5.91 Å². The SMILES string of the molecule is CC1CC(C)(C)CC2(C1)NC(=O)N(CC(=O)Nc1cccnc1-n1cccn1)C2=O. The Hall–Kier alpha value is -3.23. The number of hydrogen-bond acceptors (Lipinski definition) is 5. The Morgan fingerprint density at radius 1 is 1.27 bits per heavy atom. The molecule has 1 spiro atoms. The molecule has 4 amide bonds. The first-order valence-electron chi connectivity index (χ1n) is 10.1. The molecule has 4 rings (SSSR count). The Labute approximate surface area is 174 Å². The number of aromatic nitrogens is 3. The molecule has 1 aliphatic heterocycles. The van der Waals surface area contributed by atoms with Gasteiger partial charge in [0, 0.05) is 18.6 Å². The summed E-state index contributed by atoms with van der Waals surface area (Å²) < 4.78 is 1.53. The summed E-state index contributed by atoms with van der Waals surface area (Å²) in [5, 5.41) is 9.77. The molecule has 158 valence electrons. The van der Waals surface area contributed by atoms with Gasteiger partial charge in [-0.25, -0.2) is 14.5 Å². The van der Waals surface area contributed by atoms with Gasteiger partial charge < -0.3 is 10.6 Å². The Kier molecular flexibility index (Phi) is 4.83. The number of urea groups is 1. The second-order valence-electron chi connectivity index (χ2n) is 9.13. The summed E-state index contributed by atoms with van der Waals surface area (Å²) in [6.45, 7) is 5.96. The number of nitrogens with one attached hydrogen (secondary N) is 2. The van der Waals surface area contributed by atoms with E-state index in [-0.39, 0.29) is 17.9 Å². The number of anilines is 1. The minimum absolute atomic E-state index is 0.0623. The molecule has 0 bridgehead atoms. The van der Waals surface area contributed by atoms with E-state index >= 15 is 0 Å². The highest BCUT2D eigenvalue weighted by Gasteiger charge is 2.56. The summed E-state index contributed by atoms with van der Waals surface area (Å²) in [5.41, 5.74) is -0.541. The molecule has 0 radical (unpaired) electrons. The van der Waals surface area contributed by atoms with Crippen LogP contribution in [0.25, 0.3) is 5.82 Å². The van der Waals surface area contributed by atoms with Crippen LogP contribution in [0.4, 0.5) is 10.5 Å². The minimum atomic E-state index is -0.924. The number of rotatable bonds is 4. The van der Waals surface area contributed by atoms with Gasteiger partial charge in [-0.05, 0) is 48.8 Å². The van der Waals surface area contributed by atoms with E-state index in [1.165, 1.54) is 4.68 Å². The summed E-state index contributed by atoms with van der Waals surface area (Å²) in [5.74, 6) is -0.0352. The van der Waals surface area contributed by atoms with E-state index < -0.39 is 17.5 Å². The summed E-state index contributed by atoms with van der Waals surface area (Å²) in [4.78, 5) is 43.8. The normalized spacial score (nSPS) is 25.4. The van der Waals surface area contributed by atoms with Crippen molar-refractivity contribution in [2.45, 2.75) is 45.6 Å². The highest BCUT2D eigenvalue weighted by molar-refractivity contribution is 6.10. The molecule has 30 heavy (non-hydrogen) atoms. The van der Waals surface area contributed by atoms with Crippen LogP contribution in [0.2, 0.25) is 0 Å². The van der Waals surface area contributed by atoms with Crippen molar-refractivity contribution in [3.05, 3.63) is 36.8 Å². The lowest BCUT2D eigenvalue weighted by Gasteiger charge is -2.43. The van der Waals surface area contributed by atoms with E-state index in [9.17, 15) is 14.4 Å². The zero-order valence-corrected chi connectivity index (χ0v) is 17.4. The smallest absolute Gasteiger partial charge is 0.323 e. The van der Waals surface area contributed by atoms with Gasteiger partial charge in [0.05, 0.1) is 5.69 Å². The van der Waals surface area contributed by atoms with Crippen LogP contribution in [0, 0.1) is 11.3 Å². The Morgan fingerprint density at radius 2 is 2.07 bits per heavy atom. The van der Waals surface area contributed by atoms with E-state index in [0.717, 1.165) is 11.3 Å². The zero-order chi connectivity index (χ0) is 21.5. The van der Waals surface area contributed by atoms with Crippen LogP contribution in [0.5, 0.6) is 0 Å². The van der Waals surface area contributed by atoms with E-state index in [0.29, 0.717) is 30.3 Å². The topological polar surface area (TPSA) is 109 Å². The fraction of sp³-hybridized carbons (Fsp3) is 0.476. The molecule has 2 atom stereocenters. The molecule has 1 aliphatic carbocycles. The third-order valence-corrected chi connectivity index (χ3v) is 5.71. The third-order valence-electron chi connectivity index (χ3n) is 5.71. The van der Waals surface area contributed by atoms with E-state index in [1.807, 2.05) is 0 Å². The summed E-state index contributed by atoms with van der Waals surface area (Å²) >= 11 is 0. The molecule has 2 aromatic heterocycles. The number of hydrogen-bond donors (Lipinski definition) is 2. The lowest BCUT2D eigenvalue weighted by atomic mass is 9.64. The number of imide groups is 1. The van der Waals surface area contributed by atoms with Crippen molar-refractivity contribution in [3.63, 3.8) is 0 Å². The average Bonchev–Trinajstić information content (AvgIpc) is 3.24. The fourth-order valence-electron chi connectivity index (χ4n) is 5.05. The molecule has 9 heteroatoms. The Morgan fingerprint density at radius 3 is 2.77 bits per heavy atom. The van der Waals surface area contributed by atoms with Gasteiger partial charge in [-0.15, -0.1) is 0 Å². The molecular formula is C21H26N6O3. The maximum absolute atomic E-state index is 13.2. The molecule has 1 saturated heterocycles. The van der Waals surface area contributed by atoms with Gasteiger partial charge in [0.15, 0.2) is 5.82 Å². The summed E-state index contributed by atoms with van der Waals surface area (Å²) in [6.07, 6.45) is 7.07. The van der Waals surface area contributed by atoms with E-state index in [4.69, 9.17) is 0 Å². The first-order chi connectivity index (χ1) is 14.2. The quantitative estimate of drug-likeness (QED) is 0.752. The fourth-order valence-corrected chi connectivity index (χ4v) is 5.05. The van der Waals surface area contributed by atoms with Crippen LogP contribution < -0.4 is 10.6 Å². The lowest BCUT2D eigenvalue weighted by Crippen LogP contribution is -2.54. The van der Waals surface area contributed by atoms with Crippen LogP contribution in [0.1, 0.15) is 40.0 Å². The van der Waals surface area contributed by atoms with Crippen molar-refractivity contribution in [1.29, 1.82) is 0 Å². The molecule has 2 fully saturated rings. The first kappa shape index (κ1) is 20.1. The van der Waals surface area contributed by atoms with Gasteiger partial charge >= 0.3 is 6.03 Å². The second-order valence-corrected chi connectivity index (χ2v) is 9.13. The molecule has 9 nitrogen and oxygen atoms in total. The average molecular weight is 410 g/mol. The van der Waals surface area contributed by atoms with Crippen LogP contribution >= 0.6 is 0 Å². The minimum Gasteiger partial charge on any atom is -0.323 e. The molecule has 0 aromatic carbocycles.